The highest BCUT2D eigenvalue weighted by molar-refractivity contribution is 5.45. The number of aliphatic hydroxyl groups is 4. The number of aliphatic hydroxyl groups excluding tert-OH is 1. The number of likely N-dealkylation sites (N-methyl/N-ethyl adjacent to an activating group) is 1. The molecule has 182 valence electrons. The first-order chi connectivity index (χ1) is 15.1. The largest absolute Gasteiger partial charge is 0.390 e. The van der Waals surface area contributed by atoms with Crippen molar-refractivity contribution in [3.8, 4) is 0 Å². The standard InChI is InChI=1S/C24H39NO7/c1-6-25-11-20(2)8-7-14(31-4)23-17(20)18(26)24(29,19(23)25)22(28)10-13(30-3)12-9-21(23,27)16(22)15(12)32-5/h12-19,26-29H,6-11H2,1-5H3/t12-,13+,14-,15+,16+,17-,18+,19+,20+,21-,22-,23-,24-/m1/s1. The van der Waals surface area contributed by atoms with E-state index in [2.05, 4.69) is 18.7 Å². The van der Waals surface area contributed by atoms with Crippen LogP contribution in [0, 0.1) is 28.6 Å². The number of hydrogen-bond donors (Lipinski definition) is 4. The molecule has 0 aromatic heterocycles. The lowest BCUT2D eigenvalue weighted by atomic mass is 9.41. The monoisotopic (exact) mass is 453 g/mol. The maximum absolute atomic E-state index is 12.9. The summed E-state index contributed by atoms with van der Waals surface area (Å²) in [4.78, 5) is 2.21. The SMILES string of the molecule is CCN1C[C@]2(C)CC[C@@H](OC)[C@@]34[C@@H]2[C@H](O)[C@@](O)([C@@H]13)[C@@]1(O)C[C@H](OC)[C@H]2C[C@@]4(O)[C@@H]1[C@H]2OC. The van der Waals surface area contributed by atoms with Crippen LogP contribution in [0.3, 0.4) is 0 Å². The third-order valence-corrected chi connectivity index (χ3v) is 11.4. The molecule has 4 N–H and O–H groups in total. The maximum atomic E-state index is 12.9. The van der Waals surface area contributed by atoms with Gasteiger partial charge in [0.05, 0.1) is 41.5 Å². The summed E-state index contributed by atoms with van der Waals surface area (Å²) in [5.41, 5.74) is -6.17. The van der Waals surface area contributed by atoms with Crippen LogP contribution in [0.4, 0.5) is 0 Å². The van der Waals surface area contributed by atoms with E-state index >= 15 is 0 Å². The average molecular weight is 454 g/mol. The third kappa shape index (κ3) is 1.86. The summed E-state index contributed by atoms with van der Waals surface area (Å²) in [6, 6.07) is -0.614. The Bertz CT molecular complexity index is 828. The Hall–Kier alpha value is -0.320. The van der Waals surface area contributed by atoms with Crippen molar-refractivity contribution >= 4 is 0 Å². The Labute approximate surface area is 189 Å². The molecule has 0 unspecified atom stereocenters. The van der Waals surface area contributed by atoms with E-state index in [9.17, 15) is 20.4 Å². The zero-order valence-corrected chi connectivity index (χ0v) is 19.8. The van der Waals surface area contributed by atoms with Crippen molar-refractivity contribution in [2.45, 2.75) is 86.8 Å². The quantitative estimate of drug-likeness (QED) is 0.462. The van der Waals surface area contributed by atoms with Gasteiger partial charge in [-0.3, -0.25) is 4.90 Å². The highest BCUT2D eigenvalue weighted by Gasteiger charge is 2.94. The number of nitrogens with zero attached hydrogens (tertiary/aromatic N) is 1. The number of piperidine rings is 1. The predicted molar refractivity (Wildman–Crippen MR) is 114 cm³/mol. The molecule has 0 aromatic carbocycles. The van der Waals surface area contributed by atoms with Crippen molar-refractivity contribution < 1.29 is 34.6 Å². The van der Waals surface area contributed by atoms with Crippen molar-refractivity contribution in [2.24, 2.45) is 28.6 Å². The van der Waals surface area contributed by atoms with Crippen LogP contribution < -0.4 is 0 Å². The molecule has 32 heavy (non-hydrogen) atoms. The fourth-order valence-electron chi connectivity index (χ4n) is 10.7. The van der Waals surface area contributed by atoms with Gasteiger partial charge in [0.25, 0.3) is 0 Å². The van der Waals surface area contributed by atoms with Crippen molar-refractivity contribution in [1.82, 2.24) is 4.90 Å². The minimum Gasteiger partial charge on any atom is -0.390 e. The molecular weight excluding hydrogens is 414 g/mol. The molecule has 13 atom stereocenters. The zero-order valence-electron chi connectivity index (χ0n) is 19.8. The molecule has 1 spiro atoms. The zero-order chi connectivity index (χ0) is 23.1. The molecule has 1 aliphatic heterocycles. The second kappa shape index (κ2) is 6.26. The molecule has 8 nitrogen and oxygen atoms in total. The summed E-state index contributed by atoms with van der Waals surface area (Å²) in [5, 5.41) is 50.0. The van der Waals surface area contributed by atoms with Gasteiger partial charge >= 0.3 is 0 Å². The summed E-state index contributed by atoms with van der Waals surface area (Å²) in [5.74, 6) is -1.21. The van der Waals surface area contributed by atoms with Gasteiger partial charge in [-0.05, 0) is 31.2 Å². The lowest BCUT2D eigenvalue weighted by Gasteiger charge is -2.72. The first-order valence-corrected chi connectivity index (χ1v) is 12.2. The number of likely N-dealkylation sites (tertiary alicyclic amines) is 1. The number of hydrogen-bond acceptors (Lipinski definition) is 8. The molecule has 5 saturated carbocycles. The van der Waals surface area contributed by atoms with Gasteiger partial charge in [-0.2, -0.15) is 0 Å². The molecule has 6 aliphatic rings. The van der Waals surface area contributed by atoms with E-state index in [4.69, 9.17) is 14.2 Å². The van der Waals surface area contributed by atoms with Crippen LogP contribution in [0.1, 0.15) is 39.5 Å². The highest BCUT2D eigenvalue weighted by atomic mass is 16.5. The molecule has 0 radical (unpaired) electrons. The van der Waals surface area contributed by atoms with Gasteiger partial charge in [-0.15, -0.1) is 0 Å². The van der Waals surface area contributed by atoms with Gasteiger partial charge in [-0.1, -0.05) is 13.8 Å². The summed E-state index contributed by atoms with van der Waals surface area (Å²) < 4.78 is 17.9. The number of ether oxygens (including phenoxy) is 3. The second-order valence-electron chi connectivity index (χ2n) is 11.9. The molecule has 7 bridgehead atoms. The van der Waals surface area contributed by atoms with Crippen molar-refractivity contribution in [3.63, 3.8) is 0 Å². The van der Waals surface area contributed by atoms with Crippen LogP contribution in [0.5, 0.6) is 0 Å². The van der Waals surface area contributed by atoms with Gasteiger partial charge in [0, 0.05) is 52.0 Å². The Morgan fingerprint density at radius 3 is 2.28 bits per heavy atom. The van der Waals surface area contributed by atoms with Gasteiger partial charge < -0.3 is 34.6 Å². The van der Waals surface area contributed by atoms with E-state index in [1.54, 1.807) is 21.3 Å². The van der Waals surface area contributed by atoms with Crippen molar-refractivity contribution in [2.75, 3.05) is 34.4 Å². The maximum Gasteiger partial charge on any atom is 0.136 e. The van der Waals surface area contributed by atoms with Crippen LogP contribution in [0.2, 0.25) is 0 Å². The lowest BCUT2D eigenvalue weighted by molar-refractivity contribution is -0.355. The molecule has 0 amide bonds. The van der Waals surface area contributed by atoms with E-state index in [0.717, 1.165) is 19.4 Å². The third-order valence-electron chi connectivity index (χ3n) is 11.4. The van der Waals surface area contributed by atoms with Crippen LogP contribution in [0.15, 0.2) is 0 Å². The number of rotatable bonds is 4. The fraction of sp³-hybridized carbons (Fsp3) is 1.00. The number of fused-ring (bicyclic) bond motifs is 2. The van der Waals surface area contributed by atoms with Crippen LogP contribution in [0.25, 0.3) is 0 Å². The van der Waals surface area contributed by atoms with E-state index in [0.29, 0.717) is 13.0 Å². The second-order valence-corrected chi connectivity index (χ2v) is 11.9. The molecular formula is C24H39NO7. The Kier molecular flexibility index (Phi) is 4.34. The molecule has 1 heterocycles. The Balaban J connectivity index is 1.71. The summed E-state index contributed by atoms with van der Waals surface area (Å²) >= 11 is 0. The van der Waals surface area contributed by atoms with Crippen LogP contribution in [-0.2, 0) is 14.2 Å². The average Bonchev–Trinajstić information content (AvgIpc) is 3.12. The molecule has 5 aliphatic carbocycles. The topological polar surface area (TPSA) is 112 Å². The highest BCUT2D eigenvalue weighted by Crippen LogP contribution is 2.81. The summed E-state index contributed by atoms with van der Waals surface area (Å²) in [7, 11) is 4.89. The van der Waals surface area contributed by atoms with Gasteiger partial charge in [0.15, 0.2) is 0 Å². The Morgan fingerprint density at radius 2 is 1.69 bits per heavy atom. The molecule has 0 aromatic rings. The fourth-order valence-corrected chi connectivity index (χ4v) is 10.7. The lowest BCUT2D eigenvalue weighted by Crippen LogP contribution is -2.86. The minimum atomic E-state index is -1.83. The normalized spacial score (nSPS) is 64.8. The Morgan fingerprint density at radius 1 is 0.969 bits per heavy atom. The van der Waals surface area contributed by atoms with Gasteiger partial charge in [-0.25, -0.2) is 0 Å². The number of methoxy groups -OCH3 is 3. The van der Waals surface area contributed by atoms with E-state index in [1.807, 2.05) is 0 Å². The van der Waals surface area contributed by atoms with Crippen LogP contribution in [-0.4, -0.2) is 107 Å². The first-order valence-electron chi connectivity index (χ1n) is 12.2. The molecule has 6 fully saturated rings. The van der Waals surface area contributed by atoms with Crippen molar-refractivity contribution in [3.05, 3.63) is 0 Å². The van der Waals surface area contributed by atoms with Gasteiger partial charge in [0.2, 0.25) is 0 Å². The minimum absolute atomic E-state index is 0.101. The summed E-state index contributed by atoms with van der Waals surface area (Å²) in [6.45, 7) is 5.61. The summed E-state index contributed by atoms with van der Waals surface area (Å²) in [6.07, 6.45) is -0.212. The van der Waals surface area contributed by atoms with E-state index < -0.39 is 46.4 Å². The van der Waals surface area contributed by atoms with Crippen molar-refractivity contribution in [1.29, 1.82) is 0 Å². The van der Waals surface area contributed by atoms with Gasteiger partial charge in [0.1, 0.15) is 11.2 Å². The van der Waals surface area contributed by atoms with Crippen LogP contribution >= 0.6 is 0 Å². The molecule has 8 heteroatoms. The van der Waals surface area contributed by atoms with E-state index in [1.165, 1.54) is 0 Å². The van der Waals surface area contributed by atoms with E-state index in [-0.39, 0.29) is 35.9 Å². The molecule has 1 saturated heterocycles. The smallest absolute Gasteiger partial charge is 0.136 e. The molecule has 6 rings (SSSR count). The predicted octanol–water partition coefficient (Wildman–Crippen LogP) is -0.241. The first kappa shape index (κ1) is 22.2.